The molecule has 1 aliphatic rings. The molecule has 3 nitrogen and oxygen atoms in total. The van der Waals surface area contributed by atoms with Crippen LogP contribution >= 0.6 is 0 Å². The van der Waals surface area contributed by atoms with E-state index in [0.29, 0.717) is 0 Å². The summed E-state index contributed by atoms with van der Waals surface area (Å²) in [6.45, 7) is 4.79. The van der Waals surface area contributed by atoms with Crippen LogP contribution in [-0.2, 0) is 11.3 Å². The fourth-order valence-corrected chi connectivity index (χ4v) is 3.14. The van der Waals surface area contributed by atoms with Crippen molar-refractivity contribution in [2.45, 2.75) is 19.4 Å². The van der Waals surface area contributed by atoms with Gasteiger partial charge in [-0.15, -0.1) is 0 Å². The Morgan fingerprint density at radius 1 is 1.25 bits per heavy atom. The molecule has 1 N–H and O–H groups in total. The van der Waals surface area contributed by atoms with Crippen LogP contribution in [0.15, 0.2) is 24.3 Å². The van der Waals surface area contributed by atoms with Crippen molar-refractivity contribution in [3.8, 4) is 0 Å². The number of halogens is 1. The molecule has 0 spiro atoms. The first-order valence-electron chi connectivity index (χ1n) is 7.26. The number of methoxy groups -OCH3 is 1. The number of hydrogen-bond acceptors (Lipinski definition) is 3. The molecule has 20 heavy (non-hydrogen) atoms. The molecule has 1 aliphatic heterocycles. The minimum absolute atomic E-state index is 0.175. The Bertz CT molecular complexity index is 396. The number of nitrogens with zero attached hydrogens (tertiary/aromatic N) is 1. The van der Waals surface area contributed by atoms with Crippen LogP contribution < -0.4 is 5.32 Å². The molecule has 0 aliphatic carbocycles. The van der Waals surface area contributed by atoms with Crippen LogP contribution in [0.3, 0.4) is 0 Å². The number of hydrogen-bond donors (Lipinski definition) is 1. The maximum atomic E-state index is 12.9. The summed E-state index contributed by atoms with van der Waals surface area (Å²) in [5.74, 6) is -0.175. The van der Waals surface area contributed by atoms with Gasteiger partial charge in [0.15, 0.2) is 0 Å². The van der Waals surface area contributed by atoms with E-state index in [1.807, 2.05) is 12.1 Å². The lowest BCUT2D eigenvalue weighted by Gasteiger charge is -2.40. The maximum absolute atomic E-state index is 12.9. The highest BCUT2D eigenvalue weighted by Crippen LogP contribution is 2.30. The minimum atomic E-state index is -0.175. The summed E-state index contributed by atoms with van der Waals surface area (Å²) in [5.41, 5.74) is 1.39. The Morgan fingerprint density at radius 2 is 1.90 bits per heavy atom. The van der Waals surface area contributed by atoms with Gasteiger partial charge < -0.3 is 15.0 Å². The Kier molecular flexibility index (Phi) is 5.52. The number of rotatable bonds is 6. The number of benzene rings is 1. The summed E-state index contributed by atoms with van der Waals surface area (Å²) in [5, 5.41) is 3.41. The normalized spacial score (nSPS) is 18.4. The molecule has 0 aromatic heterocycles. The lowest BCUT2D eigenvalue weighted by molar-refractivity contribution is 0.0269. The SMILES string of the molecule is COCC1(CN(C)Cc2ccc(F)cc2)CCNCC1. The third-order valence-electron chi connectivity index (χ3n) is 4.09. The van der Waals surface area contributed by atoms with E-state index < -0.39 is 0 Å². The zero-order valence-electron chi connectivity index (χ0n) is 12.5. The van der Waals surface area contributed by atoms with Gasteiger partial charge in [-0.3, -0.25) is 0 Å². The van der Waals surface area contributed by atoms with Gasteiger partial charge in [0.25, 0.3) is 0 Å². The van der Waals surface area contributed by atoms with Crippen molar-refractivity contribution in [2.75, 3.05) is 40.4 Å². The van der Waals surface area contributed by atoms with Crippen molar-refractivity contribution >= 4 is 0 Å². The van der Waals surface area contributed by atoms with Gasteiger partial charge in [0.1, 0.15) is 5.82 Å². The van der Waals surface area contributed by atoms with E-state index in [1.54, 1.807) is 7.11 Å². The average Bonchev–Trinajstić information content (AvgIpc) is 2.42. The van der Waals surface area contributed by atoms with E-state index in [9.17, 15) is 4.39 Å². The first kappa shape index (κ1) is 15.4. The van der Waals surface area contributed by atoms with E-state index in [4.69, 9.17) is 4.74 Å². The van der Waals surface area contributed by atoms with Gasteiger partial charge in [0.05, 0.1) is 6.61 Å². The summed E-state index contributed by atoms with van der Waals surface area (Å²) < 4.78 is 18.4. The lowest BCUT2D eigenvalue weighted by atomic mass is 9.79. The fourth-order valence-electron chi connectivity index (χ4n) is 3.14. The monoisotopic (exact) mass is 280 g/mol. The highest BCUT2D eigenvalue weighted by molar-refractivity contribution is 5.15. The maximum Gasteiger partial charge on any atom is 0.123 e. The molecule has 1 fully saturated rings. The summed E-state index contributed by atoms with van der Waals surface area (Å²) in [6.07, 6.45) is 2.29. The second kappa shape index (κ2) is 7.16. The van der Waals surface area contributed by atoms with E-state index in [0.717, 1.165) is 51.2 Å². The molecule has 0 amide bonds. The summed E-state index contributed by atoms with van der Waals surface area (Å²) >= 11 is 0. The summed E-state index contributed by atoms with van der Waals surface area (Å²) in [6, 6.07) is 6.77. The second-order valence-electron chi connectivity index (χ2n) is 5.98. The zero-order valence-corrected chi connectivity index (χ0v) is 12.5. The van der Waals surface area contributed by atoms with Crippen LogP contribution in [0.2, 0.25) is 0 Å². The Labute approximate surface area is 121 Å². The van der Waals surface area contributed by atoms with Gasteiger partial charge in [-0.25, -0.2) is 4.39 Å². The van der Waals surface area contributed by atoms with Crippen LogP contribution in [0.4, 0.5) is 4.39 Å². The van der Waals surface area contributed by atoms with E-state index in [1.165, 1.54) is 12.1 Å². The molecular weight excluding hydrogens is 255 g/mol. The number of ether oxygens (including phenoxy) is 1. The first-order valence-corrected chi connectivity index (χ1v) is 7.26. The topological polar surface area (TPSA) is 24.5 Å². The van der Waals surface area contributed by atoms with Gasteiger partial charge in [0, 0.05) is 25.6 Å². The third-order valence-corrected chi connectivity index (χ3v) is 4.09. The standard InChI is InChI=1S/C16H25FN2O/c1-19(11-14-3-5-15(17)6-4-14)12-16(13-20-2)7-9-18-10-8-16/h3-6,18H,7-13H2,1-2H3. The van der Waals surface area contributed by atoms with Gasteiger partial charge in [-0.2, -0.15) is 0 Å². The highest BCUT2D eigenvalue weighted by Gasteiger charge is 2.33. The van der Waals surface area contributed by atoms with Crippen LogP contribution in [0.5, 0.6) is 0 Å². The Balaban J connectivity index is 1.93. The lowest BCUT2D eigenvalue weighted by Crippen LogP contribution is -2.46. The molecule has 1 saturated heterocycles. The van der Waals surface area contributed by atoms with Crippen LogP contribution in [0.1, 0.15) is 18.4 Å². The smallest absolute Gasteiger partial charge is 0.123 e. The number of nitrogens with one attached hydrogen (secondary N) is 1. The highest BCUT2D eigenvalue weighted by atomic mass is 19.1. The molecule has 4 heteroatoms. The second-order valence-corrected chi connectivity index (χ2v) is 5.98. The predicted octanol–water partition coefficient (Wildman–Crippen LogP) is 2.27. The molecule has 1 aromatic rings. The Hall–Kier alpha value is -0.970. The van der Waals surface area contributed by atoms with Crippen molar-refractivity contribution in [3.05, 3.63) is 35.6 Å². The van der Waals surface area contributed by atoms with Crippen LogP contribution in [0.25, 0.3) is 0 Å². The van der Waals surface area contributed by atoms with E-state index in [-0.39, 0.29) is 11.2 Å². The van der Waals surface area contributed by atoms with Crippen molar-refractivity contribution < 1.29 is 9.13 Å². The molecule has 1 aromatic carbocycles. The molecule has 0 radical (unpaired) electrons. The molecular formula is C16H25FN2O. The molecule has 0 saturated carbocycles. The minimum Gasteiger partial charge on any atom is -0.384 e. The molecule has 0 bridgehead atoms. The quantitative estimate of drug-likeness (QED) is 0.865. The largest absolute Gasteiger partial charge is 0.384 e. The molecule has 2 rings (SSSR count). The molecule has 0 atom stereocenters. The number of piperidine rings is 1. The van der Waals surface area contributed by atoms with Gasteiger partial charge >= 0.3 is 0 Å². The van der Waals surface area contributed by atoms with Gasteiger partial charge in [-0.05, 0) is 50.7 Å². The van der Waals surface area contributed by atoms with Crippen molar-refractivity contribution in [1.82, 2.24) is 10.2 Å². The van der Waals surface area contributed by atoms with Crippen molar-refractivity contribution in [2.24, 2.45) is 5.41 Å². The van der Waals surface area contributed by atoms with E-state index >= 15 is 0 Å². The van der Waals surface area contributed by atoms with Gasteiger partial charge in [0.2, 0.25) is 0 Å². The van der Waals surface area contributed by atoms with Crippen LogP contribution in [0, 0.1) is 11.2 Å². The van der Waals surface area contributed by atoms with Crippen LogP contribution in [-0.4, -0.2) is 45.3 Å². The zero-order chi connectivity index (χ0) is 14.4. The predicted molar refractivity (Wildman–Crippen MR) is 79.1 cm³/mol. The fraction of sp³-hybridized carbons (Fsp3) is 0.625. The Morgan fingerprint density at radius 3 is 2.50 bits per heavy atom. The molecule has 112 valence electrons. The third kappa shape index (κ3) is 4.27. The van der Waals surface area contributed by atoms with Crippen molar-refractivity contribution in [3.63, 3.8) is 0 Å². The average molecular weight is 280 g/mol. The van der Waals surface area contributed by atoms with E-state index in [2.05, 4.69) is 17.3 Å². The molecule has 1 heterocycles. The first-order chi connectivity index (χ1) is 9.63. The summed E-state index contributed by atoms with van der Waals surface area (Å²) in [4.78, 5) is 2.32. The summed E-state index contributed by atoms with van der Waals surface area (Å²) in [7, 11) is 3.91. The molecule has 0 unspecified atom stereocenters. The van der Waals surface area contributed by atoms with Gasteiger partial charge in [-0.1, -0.05) is 12.1 Å². The van der Waals surface area contributed by atoms with Crippen molar-refractivity contribution in [1.29, 1.82) is 0 Å².